The van der Waals surface area contributed by atoms with Gasteiger partial charge in [-0.15, -0.1) is 0 Å². The van der Waals surface area contributed by atoms with Gasteiger partial charge in [0.05, 0.1) is 5.92 Å². The Kier molecular flexibility index (Phi) is 4.43. The Bertz CT molecular complexity index is 459. The molecule has 1 heterocycles. The first kappa shape index (κ1) is 13.9. The highest BCUT2D eigenvalue weighted by molar-refractivity contribution is 5.70. The van der Waals surface area contributed by atoms with Crippen LogP contribution in [0.5, 0.6) is 5.75 Å². The van der Waals surface area contributed by atoms with E-state index < -0.39 is 5.97 Å². The molecule has 0 unspecified atom stereocenters. The number of aliphatic carboxylic acids is 1. The molecule has 1 saturated heterocycles. The summed E-state index contributed by atoms with van der Waals surface area (Å²) >= 11 is 0. The van der Waals surface area contributed by atoms with Gasteiger partial charge in [-0.25, -0.2) is 0 Å². The van der Waals surface area contributed by atoms with Gasteiger partial charge >= 0.3 is 5.97 Å². The lowest BCUT2D eigenvalue weighted by atomic mass is 10.1. The molecule has 0 spiro atoms. The SMILES string of the molecule is Cc1ccc(C)c(OCCN2CC[C@H](C(=O)O)C2)c1. The highest BCUT2D eigenvalue weighted by Crippen LogP contribution is 2.20. The second kappa shape index (κ2) is 6.06. The van der Waals surface area contributed by atoms with Gasteiger partial charge in [0.15, 0.2) is 0 Å². The van der Waals surface area contributed by atoms with E-state index in [1.165, 1.54) is 5.56 Å². The second-order valence-corrected chi connectivity index (χ2v) is 5.24. The fraction of sp³-hybridized carbons (Fsp3) is 0.533. The summed E-state index contributed by atoms with van der Waals surface area (Å²) in [6.07, 6.45) is 0.749. The van der Waals surface area contributed by atoms with Gasteiger partial charge in [0, 0.05) is 13.1 Å². The molecule has 1 atom stereocenters. The first-order valence-electron chi connectivity index (χ1n) is 6.71. The van der Waals surface area contributed by atoms with Crippen LogP contribution >= 0.6 is 0 Å². The van der Waals surface area contributed by atoms with Gasteiger partial charge in [-0.2, -0.15) is 0 Å². The van der Waals surface area contributed by atoms with Crippen molar-refractivity contribution in [2.75, 3.05) is 26.2 Å². The molecule has 1 aromatic rings. The number of nitrogens with zero attached hydrogens (tertiary/aromatic N) is 1. The van der Waals surface area contributed by atoms with Crippen molar-refractivity contribution >= 4 is 5.97 Å². The molecule has 104 valence electrons. The van der Waals surface area contributed by atoms with E-state index >= 15 is 0 Å². The minimum atomic E-state index is -0.682. The molecule has 0 aromatic heterocycles. The Labute approximate surface area is 114 Å². The standard InChI is InChI=1S/C15H21NO3/c1-11-3-4-12(2)14(9-11)19-8-7-16-6-5-13(10-16)15(17)18/h3-4,9,13H,5-8,10H2,1-2H3,(H,17,18)/t13-/m0/s1. The molecule has 1 aliphatic rings. The van der Waals surface area contributed by atoms with Crippen molar-refractivity contribution in [2.24, 2.45) is 5.92 Å². The summed E-state index contributed by atoms with van der Waals surface area (Å²) in [5.41, 5.74) is 2.32. The first-order chi connectivity index (χ1) is 9.06. The van der Waals surface area contributed by atoms with Crippen molar-refractivity contribution < 1.29 is 14.6 Å². The van der Waals surface area contributed by atoms with E-state index in [2.05, 4.69) is 17.0 Å². The van der Waals surface area contributed by atoms with Crippen molar-refractivity contribution in [3.8, 4) is 5.75 Å². The maximum Gasteiger partial charge on any atom is 0.307 e. The van der Waals surface area contributed by atoms with Crippen LogP contribution in [0, 0.1) is 19.8 Å². The summed E-state index contributed by atoms with van der Waals surface area (Å²) in [6.45, 7) is 6.97. The number of carboxylic acids is 1. The van der Waals surface area contributed by atoms with Gasteiger partial charge < -0.3 is 9.84 Å². The fourth-order valence-corrected chi connectivity index (χ4v) is 2.38. The van der Waals surface area contributed by atoms with Crippen LogP contribution in [-0.2, 0) is 4.79 Å². The monoisotopic (exact) mass is 263 g/mol. The molecular formula is C15H21NO3. The molecule has 0 saturated carbocycles. The predicted octanol–water partition coefficient (Wildman–Crippen LogP) is 2.09. The lowest BCUT2D eigenvalue weighted by Gasteiger charge is -2.16. The number of benzene rings is 1. The number of ether oxygens (including phenoxy) is 1. The molecule has 19 heavy (non-hydrogen) atoms. The maximum absolute atomic E-state index is 10.9. The lowest BCUT2D eigenvalue weighted by molar-refractivity contribution is -0.141. The van der Waals surface area contributed by atoms with Crippen LogP contribution in [0.25, 0.3) is 0 Å². The molecule has 4 heteroatoms. The third-order valence-corrected chi connectivity index (χ3v) is 3.63. The fourth-order valence-electron chi connectivity index (χ4n) is 2.38. The number of aryl methyl sites for hydroxylation is 2. The van der Waals surface area contributed by atoms with Crippen molar-refractivity contribution in [1.82, 2.24) is 4.90 Å². The number of carboxylic acid groups (broad SMARTS) is 1. The highest BCUT2D eigenvalue weighted by Gasteiger charge is 2.27. The van der Waals surface area contributed by atoms with Gasteiger partial charge in [0.2, 0.25) is 0 Å². The smallest absolute Gasteiger partial charge is 0.307 e. The van der Waals surface area contributed by atoms with Gasteiger partial charge in [0.25, 0.3) is 0 Å². The molecule has 2 rings (SSSR count). The predicted molar refractivity (Wildman–Crippen MR) is 73.6 cm³/mol. The van der Waals surface area contributed by atoms with Gasteiger partial charge in [0.1, 0.15) is 12.4 Å². The third kappa shape index (κ3) is 3.70. The van der Waals surface area contributed by atoms with Crippen LogP contribution in [0.15, 0.2) is 18.2 Å². The lowest BCUT2D eigenvalue weighted by Crippen LogP contribution is -2.27. The average molecular weight is 263 g/mol. The van der Waals surface area contributed by atoms with Gasteiger partial charge in [-0.05, 0) is 44.0 Å². The quantitative estimate of drug-likeness (QED) is 0.883. The zero-order valence-corrected chi connectivity index (χ0v) is 11.6. The Hall–Kier alpha value is -1.55. The Morgan fingerprint density at radius 3 is 2.95 bits per heavy atom. The molecule has 0 aliphatic carbocycles. The van der Waals surface area contributed by atoms with Crippen LogP contribution in [0.2, 0.25) is 0 Å². The summed E-state index contributed by atoms with van der Waals surface area (Å²) in [5.74, 6) is 0.0348. The van der Waals surface area contributed by atoms with Crippen molar-refractivity contribution in [3.63, 3.8) is 0 Å². The van der Waals surface area contributed by atoms with Crippen LogP contribution in [0.1, 0.15) is 17.5 Å². The minimum Gasteiger partial charge on any atom is -0.492 e. The zero-order valence-electron chi connectivity index (χ0n) is 11.6. The largest absolute Gasteiger partial charge is 0.492 e. The van der Waals surface area contributed by atoms with Crippen LogP contribution in [-0.4, -0.2) is 42.2 Å². The molecule has 0 radical (unpaired) electrons. The topological polar surface area (TPSA) is 49.8 Å². The minimum absolute atomic E-state index is 0.208. The van der Waals surface area contributed by atoms with E-state index in [0.29, 0.717) is 13.2 Å². The molecule has 1 aliphatic heterocycles. The van der Waals surface area contributed by atoms with Crippen LogP contribution < -0.4 is 4.74 Å². The zero-order chi connectivity index (χ0) is 13.8. The Morgan fingerprint density at radius 1 is 1.47 bits per heavy atom. The summed E-state index contributed by atoms with van der Waals surface area (Å²) in [6, 6.07) is 6.17. The molecule has 0 amide bonds. The van der Waals surface area contributed by atoms with E-state index in [9.17, 15) is 4.79 Å². The highest BCUT2D eigenvalue weighted by atomic mass is 16.5. The van der Waals surface area contributed by atoms with Crippen LogP contribution in [0.3, 0.4) is 0 Å². The summed E-state index contributed by atoms with van der Waals surface area (Å²) in [4.78, 5) is 13.0. The summed E-state index contributed by atoms with van der Waals surface area (Å²) in [5, 5.41) is 8.94. The van der Waals surface area contributed by atoms with E-state index in [4.69, 9.17) is 9.84 Å². The normalized spacial score (nSPS) is 19.6. The molecule has 1 N–H and O–H groups in total. The molecule has 4 nitrogen and oxygen atoms in total. The van der Waals surface area contributed by atoms with E-state index in [0.717, 1.165) is 30.8 Å². The molecule has 1 aromatic carbocycles. The first-order valence-corrected chi connectivity index (χ1v) is 6.71. The van der Waals surface area contributed by atoms with Gasteiger partial charge in [-0.1, -0.05) is 12.1 Å². The van der Waals surface area contributed by atoms with Gasteiger partial charge in [-0.3, -0.25) is 9.69 Å². The van der Waals surface area contributed by atoms with Crippen LogP contribution in [0.4, 0.5) is 0 Å². The van der Waals surface area contributed by atoms with Crippen molar-refractivity contribution in [1.29, 1.82) is 0 Å². The maximum atomic E-state index is 10.9. The molecule has 1 fully saturated rings. The number of likely N-dealkylation sites (tertiary alicyclic amines) is 1. The third-order valence-electron chi connectivity index (χ3n) is 3.63. The summed E-state index contributed by atoms with van der Waals surface area (Å²) < 4.78 is 5.79. The van der Waals surface area contributed by atoms with E-state index in [1.807, 2.05) is 19.9 Å². The van der Waals surface area contributed by atoms with Crippen molar-refractivity contribution in [3.05, 3.63) is 29.3 Å². The summed E-state index contributed by atoms with van der Waals surface area (Å²) in [7, 11) is 0. The van der Waals surface area contributed by atoms with E-state index in [-0.39, 0.29) is 5.92 Å². The molecular weight excluding hydrogens is 242 g/mol. The second-order valence-electron chi connectivity index (χ2n) is 5.24. The number of hydrogen-bond donors (Lipinski definition) is 1. The number of carbonyl (C=O) groups is 1. The Balaban J connectivity index is 1.78. The average Bonchev–Trinajstić information content (AvgIpc) is 2.82. The van der Waals surface area contributed by atoms with E-state index in [1.54, 1.807) is 0 Å². The Morgan fingerprint density at radius 2 is 2.26 bits per heavy atom. The number of rotatable bonds is 5. The number of hydrogen-bond acceptors (Lipinski definition) is 3. The van der Waals surface area contributed by atoms with Crippen molar-refractivity contribution in [2.45, 2.75) is 20.3 Å². The molecule has 0 bridgehead atoms.